The summed E-state index contributed by atoms with van der Waals surface area (Å²) < 4.78 is 64.9. The molecular weight excluding hydrogens is 1490 g/mol. The molecule has 9 rings (SSSR count). The number of fused-ring (bicyclic) bond motifs is 5. The number of carbonyl (C=O) groups is 10. The van der Waals surface area contributed by atoms with Crippen molar-refractivity contribution in [1.29, 1.82) is 0 Å². The molecule has 0 radical (unpaired) electrons. The van der Waals surface area contributed by atoms with E-state index in [-0.39, 0.29) is 160 Å². The Kier molecular flexibility index (Phi) is 33.0. The van der Waals surface area contributed by atoms with Crippen LogP contribution in [0.1, 0.15) is 126 Å². The van der Waals surface area contributed by atoms with E-state index in [1.165, 1.54) is 77.7 Å². The van der Waals surface area contributed by atoms with Crippen LogP contribution in [0.25, 0.3) is 22.3 Å². The fourth-order valence-corrected chi connectivity index (χ4v) is 14.4. The molecule has 6 aromatic rings. The number of esters is 3. The molecule has 0 bridgehead atoms. The van der Waals surface area contributed by atoms with Crippen LogP contribution in [0.2, 0.25) is 0 Å². The van der Waals surface area contributed by atoms with Crippen LogP contribution in [0.3, 0.4) is 0 Å². The second-order valence-corrected chi connectivity index (χ2v) is 29.3. The number of carboxylic acid groups (broad SMARTS) is 1. The topological polar surface area (TPSA) is 433 Å². The zero-order valence-electron chi connectivity index (χ0n) is 64.8. The number of sulfonamides is 1. The van der Waals surface area contributed by atoms with Crippen LogP contribution in [-0.2, 0) is 97.2 Å². The number of carboxylic acids is 1. The third-order valence-electron chi connectivity index (χ3n) is 18.9. The summed E-state index contributed by atoms with van der Waals surface area (Å²) in [6.45, 7) is 10.8. The van der Waals surface area contributed by atoms with E-state index < -0.39 is 124 Å². The largest absolute Gasteiger partial charge is 1.00 e. The molecule has 0 saturated carbocycles. The van der Waals surface area contributed by atoms with Gasteiger partial charge < -0.3 is 95.2 Å². The number of anilines is 4. The van der Waals surface area contributed by atoms with Gasteiger partial charge in [-0.15, -0.1) is 0 Å². The number of aliphatic carboxylic acids is 1. The van der Waals surface area contributed by atoms with E-state index in [1.807, 2.05) is 57.1 Å². The number of para-hydroxylation sites is 1. The number of benzene rings is 4. The number of ether oxygens (including phenoxy) is 6. The van der Waals surface area contributed by atoms with Crippen molar-refractivity contribution in [3.8, 4) is 11.4 Å². The molecule has 3 aliphatic rings. The Labute approximate surface area is 677 Å². The molecule has 0 aliphatic carbocycles. The molecule has 0 unspecified atom stereocenters. The minimum atomic E-state index is -4.20. The minimum Gasteiger partial charge on any atom is -0.550 e. The van der Waals surface area contributed by atoms with Crippen molar-refractivity contribution in [3.63, 3.8) is 0 Å². The van der Waals surface area contributed by atoms with Crippen LogP contribution in [0.15, 0.2) is 113 Å². The van der Waals surface area contributed by atoms with E-state index in [2.05, 4.69) is 47.3 Å². The molecule has 1 saturated heterocycles. The predicted molar refractivity (Wildman–Crippen MR) is 411 cm³/mol. The standard InChI is InChI=1S/C78H99N13O20S.Na/c1-8-30-79-75(101)83-52-19-16-21-54(42-52)112(104,105)88-53-20-15-18-49(41-53)61(44-66(93)94)86-77(103)82-51-27-25-50(26-28-51)81-76(102)80-31-36-107-38-40-108-39-37-106-35-29-65(92)84-62(45-67(95)109-34-14-13-32-89(6)7)72(98)90-33-17-24-63(90)70(96)87-68(48(4)5)73(99)111-78(10-3)59-43-64-69-57(46-91(64)71(97)58(59)47-110-74(78)100)55(9-2)56-22-11-12-23-60(56)85-69;/h11-12,15-16,18-23,25-28,41-43,48,61-63,68,88H,8-10,13-14,17,24,29-40,44-47H2,1-7H3,(H,84,92)(H,87,96)(H,93,94)(H2,79,83,101)(H2,80,81,102)(H2,82,86,103);/q;+1/p-1/t61-,62+,63+,68+,78+;/m1./s1. The number of amides is 9. The number of urea groups is 3. The Hall–Kier alpha value is -10.1. The first-order valence-electron chi connectivity index (χ1n) is 37.4. The van der Waals surface area contributed by atoms with Crippen molar-refractivity contribution < 1.29 is 119 Å². The van der Waals surface area contributed by atoms with Crippen molar-refractivity contribution in [1.82, 2.24) is 45.9 Å². The van der Waals surface area contributed by atoms with Crippen LogP contribution < -0.4 is 87.5 Å². The quantitative estimate of drug-likeness (QED) is 0.0115. The fourth-order valence-electron chi connectivity index (χ4n) is 13.3. The van der Waals surface area contributed by atoms with E-state index in [0.29, 0.717) is 49.3 Å². The molecular formula is C78H98N13NaO20S. The van der Waals surface area contributed by atoms with Crippen LogP contribution in [0.5, 0.6) is 0 Å². The third-order valence-corrected chi connectivity index (χ3v) is 20.3. The molecule has 2 aromatic heterocycles. The Morgan fingerprint density at radius 3 is 2.06 bits per heavy atom. The van der Waals surface area contributed by atoms with Crippen LogP contribution in [0, 0.1) is 5.92 Å². The van der Waals surface area contributed by atoms with Gasteiger partial charge in [-0.05, 0) is 149 Å². The van der Waals surface area contributed by atoms with Crippen molar-refractivity contribution in [2.24, 2.45) is 5.92 Å². The number of hydrogen-bond acceptors (Lipinski definition) is 22. The first-order valence-corrected chi connectivity index (χ1v) is 38.9. The number of hydrogen-bond donors (Lipinski definition) is 9. The first-order chi connectivity index (χ1) is 53.7. The van der Waals surface area contributed by atoms with Gasteiger partial charge in [0.05, 0.1) is 92.6 Å². The molecule has 602 valence electrons. The SMILES string of the molecule is CCCNC(=O)Nc1cccc(S(=O)(=O)Nc2cccc([C@@H](CC(=O)[O-])NC(=O)Nc3ccc(NC(=O)NCCOCCOCCOCCC(=O)N[C@@H](CC(=O)OCCCCN(C)C)C(=O)N4CCC[C@H]4C(=O)N[C@H](C(=O)O[C@]4(CC)C(=O)OCc5c4cc4n(c5=O)Cc5c-4nc4ccccc4c5CC)C(C)C)cc3)c2)c1.[Na+]. The molecule has 4 aromatic carbocycles. The Bertz CT molecular complexity index is 4590. The van der Waals surface area contributed by atoms with Gasteiger partial charge in [0.25, 0.3) is 15.6 Å². The minimum absolute atomic E-state index is 0. The van der Waals surface area contributed by atoms with Gasteiger partial charge in [-0.1, -0.05) is 71.0 Å². The van der Waals surface area contributed by atoms with Gasteiger partial charge in [0.1, 0.15) is 24.7 Å². The maximum Gasteiger partial charge on any atom is 1.00 e. The molecule has 5 heterocycles. The number of carbonyl (C=O) groups excluding carboxylic acids is 10. The number of rotatable bonds is 40. The maximum absolute atomic E-state index is 14.6. The number of pyridine rings is 2. The summed E-state index contributed by atoms with van der Waals surface area (Å²) in [6.07, 6.45) is 1.63. The second kappa shape index (κ2) is 42.2. The number of nitrogens with one attached hydrogen (secondary N) is 9. The Morgan fingerprint density at radius 1 is 0.717 bits per heavy atom. The van der Waals surface area contributed by atoms with E-state index in [0.717, 1.165) is 35.0 Å². The fraction of sp³-hybridized carbons (Fsp3) is 0.462. The van der Waals surface area contributed by atoms with Crippen LogP contribution in [0.4, 0.5) is 37.1 Å². The van der Waals surface area contributed by atoms with Gasteiger partial charge >= 0.3 is 65.6 Å². The maximum atomic E-state index is 14.6. The van der Waals surface area contributed by atoms with Crippen LogP contribution in [-0.4, -0.2) is 192 Å². The van der Waals surface area contributed by atoms with Crippen molar-refractivity contribution in [3.05, 3.63) is 141 Å². The summed E-state index contributed by atoms with van der Waals surface area (Å²) in [7, 11) is -0.367. The van der Waals surface area contributed by atoms with Gasteiger partial charge in [0.15, 0.2) is 0 Å². The smallest absolute Gasteiger partial charge is 0.550 e. The Balaban J connectivity index is 0.0000160. The first kappa shape index (κ1) is 88.5. The van der Waals surface area contributed by atoms with Crippen LogP contribution >= 0.6 is 0 Å². The van der Waals surface area contributed by atoms with Crippen molar-refractivity contribution >= 4 is 103 Å². The molecule has 35 heteroatoms. The number of likely N-dealkylation sites (tertiary alicyclic amines) is 1. The van der Waals surface area contributed by atoms with Gasteiger partial charge in [0, 0.05) is 77.7 Å². The van der Waals surface area contributed by atoms with Gasteiger partial charge in [0.2, 0.25) is 23.3 Å². The molecule has 1 fully saturated rings. The van der Waals surface area contributed by atoms with Gasteiger partial charge in [-0.25, -0.2) is 37.4 Å². The number of unbranched alkanes of at least 4 members (excludes halogenated alkanes) is 1. The third kappa shape index (κ3) is 24.0. The molecule has 9 amide bonds. The normalized spacial score (nSPS) is 15.5. The zero-order valence-corrected chi connectivity index (χ0v) is 67.6. The number of aromatic nitrogens is 2. The van der Waals surface area contributed by atoms with E-state index in [9.17, 15) is 66.3 Å². The molecule has 3 aliphatic heterocycles. The number of aryl methyl sites for hydroxylation is 1. The van der Waals surface area contributed by atoms with Crippen molar-refractivity contribution in [2.45, 2.75) is 147 Å². The number of nitrogens with zero attached hydrogens (tertiary/aromatic N) is 4. The van der Waals surface area contributed by atoms with Gasteiger partial charge in [-0.3, -0.25) is 28.7 Å². The average Bonchev–Trinajstić information content (AvgIpc) is 1.70. The van der Waals surface area contributed by atoms with E-state index >= 15 is 0 Å². The Morgan fingerprint density at radius 2 is 1.38 bits per heavy atom. The van der Waals surface area contributed by atoms with Gasteiger partial charge in [-0.2, -0.15) is 0 Å². The zero-order chi connectivity index (χ0) is 80.7. The summed E-state index contributed by atoms with van der Waals surface area (Å²) in [5.74, 6) is -6.81. The summed E-state index contributed by atoms with van der Waals surface area (Å²) in [5, 5.41) is 33.9. The average molecular weight is 1590 g/mol. The molecule has 5 atom stereocenters. The summed E-state index contributed by atoms with van der Waals surface area (Å²) in [5.41, 5.74) is 2.70. The summed E-state index contributed by atoms with van der Waals surface area (Å²) in [6, 6.07) is 19.8. The number of cyclic esters (lactones) is 1. The van der Waals surface area contributed by atoms with E-state index in [1.54, 1.807) is 31.4 Å². The van der Waals surface area contributed by atoms with E-state index in [4.69, 9.17) is 33.4 Å². The summed E-state index contributed by atoms with van der Waals surface area (Å²) >= 11 is 0. The second-order valence-electron chi connectivity index (χ2n) is 27.7. The predicted octanol–water partition coefficient (Wildman–Crippen LogP) is 2.69. The molecule has 113 heavy (non-hydrogen) atoms. The van der Waals surface area contributed by atoms with Crippen molar-refractivity contribution in [2.75, 3.05) is 107 Å². The molecule has 33 nitrogen and oxygen atoms in total. The summed E-state index contributed by atoms with van der Waals surface area (Å²) in [4.78, 5) is 157. The molecule has 9 N–H and O–H groups in total. The molecule has 0 spiro atoms. The monoisotopic (exact) mass is 1590 g/mol.